The molecule has 0 amide bonds. The second-order valence-corrected chi connectivity index (χ2v) is 4.06. The normalized spacial score (nSPS) is 12.9. The lowest BCUT2D eigenvalue weighted by molar-refractivity contribution is -0.120. The van der Waals surface area contributed by atoms with Gasteiger partial charge in [-0.1, -0.05) is 13.8 Å². The summed E-state index contributed by atoms with van der Waals surface area (Å²) in [7, 11) is 1.85. The minimum absolute atomic E-state index is 0.0717. The van der Waals surface area contributed by atoms with Gasteiger partial charge >= 0.3 is 0 Å². The molecule has 1 atom stereocenters. The fourth-order valence-corrected chi connectivity index (χ4v) is 1.72. The highest BCUT2D eigenvalue weighted by molar-refractivity contribution is 7.99. The molecule has 0 radical (unpaired) electrons. The van der Waals surface area contributed by atoms with Crippen LogP contribution < -0.4 is 5.32 Å². The molecule has 0 fully saturated rings. The second-order valence-electron chi connectivity index (χ2n) is 2.66. The van der Waals surface area contributed by atoms with Gasteiger partial charge in [0.1, 0.15) is 0 Å². The van der Waals surface area contributed by atoms with Crippen LogP contribution in [0.15, 0.2) is 0 Å². The summed E-state index contributed by atoms with van der Waals surface area (Å²) in [6, 6.07) is 0.0717. The quantitative estimate of drug-likeness (QED) is 0.618. The van der Waals surface area contributed by atoms with Crippen LogP contribution in [0.3, 0.4) is 0 Å². The number of rotatable bonds is 7. The average Bonchev–Trinajstić information content (AvgIpc) is 2.07. The molecule has 0 aliphatic rings. The minimum Gasteiger partial charge on any atom is -0.311 e. The van der Waals surface area contributed by atoms with E-state index in [0.29, 0.717) is 12.2 Å². The minimum atomic E-state index is 0.0717. The van der Waals surface area contributed by atoms with Crippen LogP contribution in [0, 0.1) is 0 Å². The van der Waals surface area contributed by atoms with Crippen LogP contribution in [0.2, 0.25) is 0 Å². The summed E-state index contributed by atoms with van der Waals surface area (Å²) < 4.78 is 0. The van der Waals surface area contributed by atoms with Gasteiger partial charge in [-0.2, -0.15) is 11.8 Å². The lowest BCUT2D eigenvalue weighted by Crippen LogP contribution is -2.33. The zero-order valence-corrected chi connectivity index (χ0v) is 9.04. The first-order valence-corrected chi connectivity index (χ1v) is 5.69. The molecule has 0 aromatic rings. The molecule has 72 valence electrons. The van der Waals surface area contributed by atoms with Crippen molar-refractivity contribution in [1.82, 2.24) is 5.32 Å². The standard InChI is InChI=1S/C9H19NOS/c1-4-8(10-3)9(11)6-7-12-5-2/h8,10H,4-7H2,1-3H3. The van der Waals surface area contributed by atoms with Crippen molar-refractivity contribution in [3.63, 3.8) is 0 Å². The summed E-state index contributed by atoms with van der Waals surface area (Å²) in [5.74, 6) is 2.41. The van der Waals surface area contributed by atoms with Crippen LogP contribution in [-0.4, -0.2) is 30.4 Å². The van der Waals surface area contributed by atoms with Crippen molar-refractivity contribution in [1.29, 1.82) is 0 Å². The van der Waals surface area contributed by atoms with E-state index in [1.54, 1.807) is 0 Å². The molecule has 0 spiro atoms. The highest BCUT2D eigenvalue weighted by atomic mass is 32.2. The van der Waals surface area contributed by atoms with Crippen molar-refractivity contribution in [2.45, 2.75) is 32.7 Å². The molecular formula is C9H19NOS. The summed E-state index contributed by atoms with van der Waals surface area (Å²) in [4.78, 5) is 11.4. The Hall–Kier alpha value is -0.0200. The van der Waals surface area contributed by atoms with E-state index in [1.807, 2.05) is 25.7 Å². The van der Waals surface area contributed by atoms with Gasteiger partial charge in [0.05, 0.1) is 6.04 Å². The SMILES string of the molecule is CCSCCC(=O)C(CC)NC. The summed E-state index contributed by atoms with van der Waals surface area (Å²) in [5.41, 5.74) is 0. The third-order valence-electron chi connectivity index (χ3n) is 1.84. The molecule has 0 heterocycles. The van der Waals surface area contributed by atoms with E-state index < -0.39 is 0 Å². The largest absolute Gasteiger partial charge is 0.311 e. The van der Waals surface area contributed by atoms with Crippen molar-refractivity contribution in [2.24, 2.45) is 0 Å². The molecule has 0 aromatic heterocycles. The van der Waals surface area contributed by atoms with Crippen LogP contribution in [-0.2, 0) is 4.79 Å². The Labute approximate surface area is 79.5 Å². The molecule has 0 saturated heterocycles. The predicted octanol–water partition coefficient (Wildman–Crippen LogP) is 1.70. The molecule has 2 nitrogen and oxygen atoms in total. The molecule has 0 aromatic carbocycles. The third kappa shape index (κ3) is 4.78. The maximum absolute atomic E-state index is 11.4. The first-order valence-electron chi connectivity index (χ1n) is 4.53. The van der Waals surface area contributed by atoms with Gasteiger partial charge in [0, 0.05) is 12.2 Å². The lowest BCUT2D eigenvalue weighted by atomic mass is 10.1. The van der Waals surface area contributed by atoms with Crippen molar-refractivity contribution in [3.05, 3.63) is 0 Å². The Bertz CT molecular complexity index is 124. The van der Waals surface area contributed by atoms with Gasteiger partial charge in [0.25, 0.3) is 0 Å². The van der Waals surface area contributed by atoms with E-state index in [1.165, 1.54) is 0 Å². The first kappa shape index (κ1) is 12.0. The van der Waals surface area contributed by atoms with E-state index in [2.05, 4.69) is 12.2 Å². The zero-order valence-electron chi connectivity index (χ0n) is 8.22. The molecule has 3 heteroatoms. The molecule has 12 heavy (non-hydrogen) atoms. The number of hydrogen-bond donors (Lipinski definition) is 1. The maximum Gasteiger partial charge on any atom is 0.150 e. The molecular weight excluding hydrogens is 170 g/mol. The average molecular weight is 189 g/mol. The number of ketones is 1. The smallest absolute Gasteiger partial charge is 0.150 e. The highest BCUT2D eigenvalue weighted by Crippen LogP contribution is 2.04. The van der Waals surface area contributed by atoms with Crippen LogP contribution in [0.1, 0.15) is 26.7 Å². The summed E-state index contributed by atoms with van der Waals surface area (Å²) >= 11 is 1.83. The predicted molar refractivity (Wildman–Crippen MR) is 55.8 cm³/mol. The summed E-state index contributed by atoms with van der Waals surface area (Å²) in [6.07, 6.45) is 1.60. The lowest BCUT2D eigenvalue weighted by Gasteiger charge is -2.11. The van der Waals surface area contributed by atoms with Gasteiger partial charge in [-0.3, -0.25) is 4.79 Å². The van der Waals surface area contributed by atoms with Crippen LogP contribution >= 0.6 is 11.8 Å². The van der Waals surface area contributed by atoms with Crippen molar-refractivity contribution < 1.29 is 4.79 Å². The first-order chi connectivity index (χ1) is 5.76. The molecule has 0 aliphatic heterocycles. The Morgan fingerprint density at radius 3 is 2.58 bits per heavy atom. The number of nitrogens with one attached hydrogen (secondary N) is 1. The molecule has 0 aliphatic carbocycles. The number of carbonyl (C=O) groups excluding carboxylic acids is 1. The van der Waals surface area contributed by atoms with Gasteiger partial charge in [0.15, 0.2) is 5.78 Å². The van der Waals surface area contributed by atoms with E-state index in [9.17, 15) is 4.79 Å². The van der Waals surface area contributed by atoms with Crippen LogP contribution in [0.5, 0.6) is 0 Å². The number of hydrogen-bond acceptors (Lipinski definition) is 3. The van der Waals surface area contributed by atoms with Gasteiger partial charge in [-0.15, -0.1) is 0 Å². The van der Waals surface area contributed by atoms with Gasteiger partial charge in [-0.25, -0.2) is 0 Å². The second kappa shape index (κ2) is 7.62. The van der Waals surface area contributed by atoms with Gasteiger partial charge in [0.2, 0.25) is 0 Å². The zero-order chi connectivity index (χ0) is 9.40. The Morgan fingerprint density at radius 2 is 2.17 bits per heavy atom. The van der Waals surface area contributed by atoms with Crippen molar-refractivity contribution in [2.75, 3.05) is 18.6 Å². The highest BCUT2D eigenvalue weighted by Gasteiger charge is 2.12. The van der Waals surface area contributed by atoms with Gasteiger partial charge < -0.3 is 5.32 Å². The molecule has 1 N–H and O–H groups in total. The van der Waals surface area contributed by atoms with E-state index in [0.717, 1.165) is 17.9 Å². The molecule has 0 saturated carbocycles. The fraction of sp³-hybridized carbons (Fsp3) is 0.889. The summed E-state index contributed by atoms with van der Waals surface area (Å²) in [6.45, 7) is 4.15. The number of carbonyl (C=O) groups is 1. The van der Waals surface area contributed by atoms with E-state index in [4.69, 9.17) is 0 Å². The molecule has 0 bridgehead atoms. The number of likely N-dealkylation sites (N-methyl/N-ethyl adjacent to an activating group) is 1. The number of thioether (sulfide) groups is 1. The summed E-state index contributed by atoms with van der Waals surface area (Å²) in [5, 5.41) is 3.02. The Balaban J connectivity index is 3.54. The molecule has 1 unspecified atom stereocenters. The van der Waals surface area contributed by atoms with Crippen molar-refractivity contribution in [3.8, 4) is 0 Å². The Morgan fingerprint density at radius 1 is 1.50 bits per heavy atom. The van der Waals surface area contributed by atoms with Crippen molar-refractivity contribution >= 4 is 17.5 Å². The van der Waals surface area contributed by atoms with Crippen LogP contribution in [0.25, 0.3) is 0 Å². The van der Waals surface area contributed by atoms with Gasteiger partial charge in [-0.05, 0) is 19.2 Å². The molecule has 0 rings (SSSR count). The third-order valence-corrected chi connectivity index (χ3v) is 2.74. The maximum atomic E-state index is 11.4. The van der Waals surface area contributed by atoms with Crippen LogP contribution in [0.4, 0.5) is 0 Å². The van der Waals surface area contributed by atoms with E-state index in [-0.39, 0.29) is 6.04 Å². The Kier molecular flexibility index (Phi) is 7.61. The topological polar surface area (TPSA) is 29.1 Å². The fourth-order valence-electron chi connectivity index (χ4n) is 1.08. The van der Waals surface area contributed by atoms with E-state index >= 15 is 0 Å². The monoisotopic (exact) mass is 189 g/mol. The number of Topliss-reactive ketones (excluding diaryl/α,β-unsaturated/α-hetero) is 1.